The van der Waals surface area contributed by atoms with Crippen molar-refractivity contribution in [2.45, 2.75) is 61.5 Å². The van der Waals surface area contributed by atoms with Crippen LogP contribution in [0.2, 0.25) is 0 Å². The van der Waals surface area contributed by atoms with E-state index in [4.69, 9.17) is 18.9 Å². The molecule has 1 aliphatic carbocycles. The number of carbonyl (C=O) groups excluding carboxylic acids is 2. The number of rotatable bonds is 7. The highest BCUT2D eigenvalue weighted by Crippen LogP contribution is 2.35. The van der Waals surface area contributed by atoms with Crippen molar-refractivity contribution >= 4 is 11.9 Å². The van der Waals surface area contributed by atoms with Gasteiger partial charge >= 0.3 is 11.9 Å². The normalized spacial score (nSPS) is 33.7. The van der Waals surface area contributed by atoms with Gasteiger partial charge in [-0.2, -0.15) is 5.26 Å². The molecule has 1 aromatic heterocycles. The molecule has 0 unspecified atom stereocenters. The highest BCUT2D eigenvalue weighted by Gasteiger charge is 2.50. The first-order valence-corrected chi connectivity index (χ1v) is 12.1. The molecule has 1 saturated carbocycles. The van der Waals surface area contributed by atoms with Crippen molar-refractivity contribution in [1.82, 2.24) is 4.98 Å². The molecule has 2 fully saturated rings. The predicted molar refractivity (Wildman–Crippen MR) is 129 cm³/mol. The van der Waals surface area contributed by atoms with Crippen LogP contribution in [0.15, 0.2) is 60.3 Å². The van der Waals surface area contributed by atoms with E-state index in [1.54, 1.807) is 30.3 Å². The number of aromatic nitrogens is 1. The lowest BCUT2D eigenvalue weighted by atomic mass is 9.84. The Kier molecular flexibility index (Phi) is 9.10. The summed E-state index contributed by atoms with van der Waals surface area (Å²) in [6.45, 7) is -0.701. The standard InChI is InChI=1S/C26H28N2O11/c27-9-8-14-16(37-26-22(33)21(32)20(31)18(12-29)38-26)11-17(36-24(34)13-5-2-1-3-6-13)23(19(14)30)39-25(35)15-7-4-10-28-15/h1-8,10,16-23,26,28-33H,11-12H2/b14-8+/t16-,17+,18+,19-,20+,21-,22+,23+,26+/m0/s1. The van der Waals surface area contributed by atoms with Crippen molar-refractivity contribution in [3.05, 3.63) is 71.6 Å². The van der Waals surface area contributed by atoms with Crippen LogP contribution in [-0.2, 0) is 18.9 Å². The molecule has 13 nitrogen and oxygen atoms in total. The van der Waals surface area contributed by atoms with Crippen LogP contribution in [0.1, 0.15) is 27.3 Å². The molecule has 0 amide bonds. The van der Waals surface area contributed by atoms with Crippen LogP contribution in [-0.4, -0.2) is 104 Å². The molecule has 0 bridgehead atoms. The van der Waals surface area contributed by atoms with Crippen LogP contribution in [0.25, 0.3) is 0 Å². The third kappa shape index (κ3) is 6.18. The Balaban J connectivity index is 1.62. The molecule has 39 heavy (non-hydrogen) atoms. The summed E-state index contributed by atoms with van der Waals surface area (Å²) in [7, 11) is 0. The van der Waals surface area contributed by atoms with Crippen molar-refractivity contribution in [3.63, 3.8) is 0 Å². The molecule has 2 aliphatic rings. The molecule has 1 aromatic carbocycles. The number of H-pyrrole nitrogens is 1. The van der Waals surface area contributed by atoms with E-state index in [1.165, 1.54) is 24.4 Å². The number of aromatic amines is 1. The minimum absolute atomic E-state index is 0.0702. The van der Waals surface area contributed by atoms with Gasteiger partial charge in [0.2, 0.25) is 0 Å². The van der Waals surface area contributed by atoms with Crippen molar-refractivity contribution in [1.29, 1.82) is 5.26 Å². The Morgan fingerprint density at radius 1 is 1.03 bits per heavy atom. The molecule has 2 aromatic rings. The molecule has 2 heterocycles. The molecule has 208 valence electrons. The fraction of sp³-hybridized carbons (Fsp3) is 0.423. The van der Waals surface area contributed by atoms with Gasteiger partial charge in [-0.1, -0.05) is 18.2 Å². The minimum Gasteiger partial charge on any atom is -0.455 e. The maximum atomic E-state index is 12.9. The second-order valence-corrected chi connectivity index (χ2v) is 9.04. The van der Waals surface area contributed by atoms with E-state index in [9.17, 15) is 40.4 Å². The van der Waals surface area contributed by atoms with E-state index < -0.39 is 73.7 Å². The van der Waals surface area contributed by atoms with Crippen molar-refractivity contribution < 1.29 is 54.1 Å². The highest BCUT2D eigenvalue weighted by molar-refractivity contribution is 5.89. The summed E-state index contributed by atoms with van der Waals surface area (Å²) >= 11 is 0. The molecular formula is C26H28N2O11. The van der Waals surface area contributed by atoms with Gasteiger partial charge in [-0.3, -0.25) is 0 Å². The van der Waals surface area contributed by atoms with E-state index in [2.05, 4.69) is 4.98 Å². The minimum atomic E-state index is -1.77. The van der Waals surface area contributed by atoms with Crippen LogP contribution in [0.4, 0.5) is 0 Å². The molecular weight excluding hydrogens is 516 g/mol. The number of aliphatic hydroxyl groups excluding tert-OH is 5. The number of ether oxygens (including phenoxy) is 4. The first-order valence-electron chi connectivity index (χ1n) is 12.1. The number of esters is 2. The first kappa shape index (κ1) is 28.4. The SMILES string of the molecule is N#C/C=C1\[C@@H](O[C@@H]2O[C@H](CO)[C@@H](O)[C@H](O)[C@H]2O)C[C@@H](OC(=O)c2ccccc2)[C@@H](OC(=O)c2ccc[nH]2)[C@H]1O. The largest absolute Gasteiger partial charge is 0.455 e. The van der Waals surface area contributed by atoms with E-state index in [0.717, 1.165) is 6.08 Å². The fourth-order valence-corrected chi connectivity index (χ4v) is 4.47. The number of benzene rings is 1. The topological polar surface area (TPSA) is 212 Å². The lowest BCUT2D eigenvalue weighted by Gasteiger charge is -2.44. The number of hydrogen-bond acceptors (Lipinski definition) is 12. The second kappa shape index (κ2) is 12.5. The summed E-state index contributed by atoms with van der Waals surface area (Å²) in [5.41, 5.74) is 0.179. The van der Waals surface area contributed by atoms with Crippen LogP contribution < -0.4 is 0 Å². The van der Waals surface area contributed by atoms with E-state index >= 15 is 0 Å². The van der Waals surface area contributed by atoms with E-state index in [-0.39, 0.29) is 23.3 Å². The molecule has 9 atom stereocenters. The average molecular weight is 545 g/mol. The van der Waals surface area contributed by atoms with Gasteiger partial charge in [-0.25, -0.2) is 9.59 Å². The number of nitrogens with zero attached hydrogens (tertiary/aromatic N) is 1. The van der Waals surface area contributed by atoms with Gasteiger partial charge in [0, 0.05) is 24.3 Å². The number of allylic oxidation sites excluding steroid dienone is 1. The van der Waals surface area contributed by atoms with Gasteiger partial charge in [0.05, 0.1) is 24.3 Å². The van der Waals surface area contributed by atoms with Crippen LogP contribution in [0, 0.1) is 11.3 Å². The van der Waals surface area contributed by atoms with Gasteiger partial charge < -0.3 is 49.5 Å². The van der Waals surface area contributed by atoms with Crippen LogP contribution >= 0.6 is 0 Å². The van der Waals surface area contributed by atoms with Gasteiger partial charge in [0.1, 0.15) is 42.3 Å². The number of nitriles is 1. The third-order valence-corrected chi connectivity index (χ3v) is 6.54. The monoisotopic (exact) mass is 544 g/mol. The second-order valence-electron chi connectivity index (χ2n) is 9.04. The number of nitrogens with one attached hydrogen (secondary N) is 1. The van der Waals surface area contributed by atoms with E-state index in [0.29, 0.717) is 0 Å². The third-order valence-electron chi connectivity index (χ3n) is 6.54. The molecule has 0 radical (unpaired) electrons. The zero-order chi connectivity index (χ0) is 28.1. The molecule has 4 rings (SSSR count). The number of carbonyl (C=O) groups is 2. The summed E-state index contributed by atoms with van der Waals surface area (Å²) in [6, 6.07) is 12.7. The van der Waals surface area contributed by atoms with Crippen LogP contribution in [0.3, 0.4) is 0 Å². The Morgan fingerprint density at radius 3 is 2.41 bits per heavy atom. The Hall–Kier alpha value is -3.61. The molecule has 1 aliphatic heterocycles. The molecule has 1 saturated heterocycles. The smallest absolute Gasteiger partial charge is 0.355 e. The number of aliphatic hydroxyl groups is 5. The lowest BCUT2D eigenvalue weighted by molar-refractivity contribution is -0.312. The van der Waals surface area contributed by atoms with Gasteiger partial charge in [0.25, 0.3) is 0 Å². The van der Waals surface area contributed by atoms with Crippen molar-refractivity contribution in [2.75, 3.05) is 6.61 Å². The summed E-state index contributed by atoms with van der Waals surface area (Å²) in [5.74, 6) is -1.64. The summed E-state index contributed by atoms with van der Waals surface area (Å²) < 4.78 is 22.3. The van der Waals surface area contributed by atoms with Gasteiger partial charge in [0.15, 0.2) is 12.4 Å². The zero-order valence-electron chi connectivity index (χ0n) is 20.4. The van der Waals surface area contributed by atoms with Gasteiger partial charge in [-0.15, -0.1) is 0 Å². The first-order chi connectivity index (χ1) is 18.7. The average Bonchev–Trinajstić information content (AvgIpc) is 3.49. The Labute approximate surface area is 222 Å². The van der Waals surface area contributed by atoms with Crippen molar-refractivity contribution in [2.24, 2.45) is 0 Å². The van der Waals surface area contributed by atoms with Crippen LogP contribution in [0.5, 0.6) is 0 Å². The molecule has 6 N–H and O–H groups in total. The fourth-order valence-electron chi connectivity index (χ4n) is 4.47. The lowest BCUT2D eigenvalue weighted by Crippen LogP contribution is -2.61. The quantitative estimate of drug-likeness (QED) is 0.186. The molecule has 13 heteroatoms. The maximum Gasteiger partial charge on any atom is 0.355 e. The summed E-state index contributed by atoms with van der Waals surface area (Å²) in [6.07, 6.45) is -11.5. The maximum absolute atomic E-state index is 12.9. The van der Waals surface area contributed by atoms with Crippen molar-refractivity contribution in [3.8, 4) is 6.07 Å². The Morgan fingerprint density at radius 2 is 1.77 bits per heavy atom. The summed E-state index contributed by atoms with van der Waals surface area (Å²) in [5, 5.41) is 60.7. The van der Waals surface area contributed by atoms with E-state index in [1.807, 2.05) is 0 Å². The number of hydrogen-bond donors (Lipinski definition) is 6. The zero-order valence-corrected chi connectivity index (χ0v) is 20.4. The molecule has 0 spiro atoms. The Bertz CT molecular complexity index is 1190. The van der Waals surface area contributed by atoms with Gasteiger partial charge in [-0.05, 0) is 24.3 Å². The highest BCUT2D eigenvalue weighted by atomic mass is 16.7. The predicted octanol–water partition coefficient (Wildman–Crippen LogP) is -0.835. The summed E-state index contributed by atoms with van der Waals surface area (Å²) in [4.78, 5) is 28.3.